The summed E-state index contributed by atoms with van der Waals surface area (Å²) in [5.74, 6) is 2.50. The van der Waals surface area contributed by atoms with E-state index in [9.17, 15) is 0 Å². The first-order valence-electron chi connectivity index (χ1n) is 7.70. The maximum atomic E-state index is 2.54. The zero-order valence-electron chi connectivity index (χ0n) is 11.9. The molecule has 2 aromatic rings. The summed E-state index contributed by atoms with van der Waals surface area (Å²) in [5, 5.41) is 0. The van der Waals surface area contributed by atoms with Crippen LogP contribution in [-0.4, -0.2) is 0 Å². The minimum Gasteiger partial charge on any atom is -0.0770 e. The molecule has 4 rings (SSSR count). The maximum Gasteiger partial charge on any atom is -0.0128 e. The van der Waals surface area contributed by atoms with Crippen LogP contribution < -0.4 is 0 Å². The topological polar surface area (TPSA) is 0 Å². The Bertz CT molecular complexity index is 633. The van der Waals surface area contributed by atoms with Gasteiger partial charge in [-0.05, 0) is 52.9 Å². The number of fused-ring (bicyclic) bond motifs is 2. The van der Waals surface area contributed by atoms with E-state index in [1.54, 1.807) is 5.57 Å². The normalized spacial score (nSPS) is 27.6. The Labute approximate surface area is 121 Å². The fraction of sp³-hybridized carbons (Fsp3) is 0.300. The van der Waals surface area contributed by atoms with E-state index in [-0.39, 0.29) is 0 Å². The first-order valence-corrected chi connectivity index (χ1v) is 7.70. The van der Waals surface area contributed by atoms with Crippen LogP contribution >= 0.6 is 0 Å². The van der Waals surface area contributed by atoms with Gasteiger partial charge in [-0.25, -0.2) is 0 Å². The van der Waals surface area contributed by atoms with Crippen LogP contribution in [0.1, 0.15) is 25.3 Å². The summed E-state index contributed by atoms with van der Waals surface area (Å²) in [6, 6.07) is 19.8. The lowest BCUT2D eigenvalue weighted by Gasteiger charge is -2.16. The molecule has 100 valence electrons. The number of benzene rings is 2. The molecular weight excluding hydrogens is 240 g/mol. The molecule has 0 radical (unpaired) electrons. The molecule has 2 aliphatic rings. The number of hydrogen-bond donors (Lipinski definition) is 0. The van der Waals surface area contributed by atoms with Crippen molar-refractivity contribution in [3.05, 3.63) is 66.2 Å². The zero-order valence-corrected chi connectivity index (χ0v) is 11.9. The Balaban J connectivity index is 1.65. The van der Waals surface area contributed by atoms with Crippen LogP contribution in [0.2, 0.25) is 0 Å². The van der Waals surface area contributed by atoms with Crippen molar-refractivity contribution in [1.29, 1.82) is 0 Å². The van der Waals surface area contributed by atoms with Crippen molar-refractivity contribution in [2.24, 2.45) is 17.8 Å². The molecule has 20 heavy (non-hydrogen) atoms. The zero-order chi connectivity index (χ0) is 13.5. The van der Waals surface area contributed by atoms with Crippen molar-refractivity contribution in [2.45, 2.75) is 19.8 Å². The molecule has 0 saturated heterocycles. The molecule has 3 atom stereocenters. The Kier molecular flexibility index (Phi) is 2.77. The molecule has 0 spiro atoms. The van der Waals surface area contributed by atoms with Gasteiger partial charge in [-0.2, -0.15) is 0 Å². The largest absolute Gasteiger partial charge is 0.0770 e. The summed E-state index contributed by atoms with van der Waals surface area (Å²) in [4.78, 5) is 0. The van der Waals surface area contributed by atoms with Gasteiger partial charge in [0.2, 0.25) is 0 Å². The third kappa shape index (κ3) is 1.83. The second-order valence-electron chi connectivity index (χ2n) is 6.27. The average molecular weight is 260 g/mol. The van der Waals surface area contributed by atoms with E-state index in [0.29, 0.717) is 0 Å². The van der Waals surface area contributed by atoms with Crippen LogP contribution in [0.3, 0.4) is 0 Å². The lowest BCUT2D eigenvalue weighted by molar-refractivity contribution is 0.479. The first-order chi connectivity index (χ1) is 9.83. The molecule has 0 heteroatoms. The summed E-state index contributed by atoms with van der Waals surface area (Å²) in [5.41, 5.74) is 5.65. The van der Waals surface area contributed by atoms with Crippen LogP contribution in [0.15, 0.2) is 60.7 Å². The van der Waals surface area contributed by atoms with Crippen molar-refractivity contribution in [3.8, 4) is 11.1 Å². The van der Waals surface area contributed by atoms with Crippen LogP contribution in [-0.2, 0) is 0 Å². The Hall–Kier alpha value is -1.82. The molecule has 0 amide bonds. The second kappa shape index (κ2) is 4.63. The predicted octanol–water partition coefficient (Wildman–Crippen LogP) is 5.41. The number of allylic oxidation sites excluding steroid dienone is 2. The van der Waals surface area contributed by atoms with Crippen molar-refractivity contribution in [3.63, 3.8) is 0 Å². The van der Waals surface area contributed by atoms with Crippen molar-refractivity contribution in [2.75, 3.05) is 0 Å². The van der Waals surface area contributed by atoms with E-state index in [1.807, 2.05) is 0 Å². The maximum absolute atomic E-state index is 2.54. The SMILES string of the molecule is CC1C2C=C(c3ccc(-c4ccccc4)cc3)C1CC2. The van der Waals surface area contributed by atoms with Crippen molar-refractivity contribution in [1.82, 2.24) is 0 Å². The average Bonchev–Trinajstić information content (AvgIpc) is 3.04. The number of hydrogen-bond acceptors (Lipinski definition) is 0. The van der Waals surface area contributed by atoms with Gasteiger partial charge in [-0.3, -0.25) is 0 Å². The molecule has 0 N–H and O–H groups in total. The number of rotatable bonds is 2. The monoisotopic (exact) mass is 260 g/mol. The fourth-order valence-electron chi connectivity index (χ4n) is 4.02. The van der Waals surface area contributed by atoms with Gasteiger partial charge in [-0.1, -0.05) is 67.6 Å². The standard InChI is InChI=1S/C20H20/c1-14-18-11-12-19(14)20(13-18)17-9-7-16(8-10-17)15-5-3-2-4-6-15/h2-10,13-14,18-19H,11-12H2,1H3. The highest BCUT2D eigenvalue weighted by Gasteiger charge is 2.39. The summed E-state index contributed by atoms with van der Waals surface area (Å²) < 4.78 is 0. The highest BCUT2D eigenvalue weighted by Crippen LogP contribution is 2.51. The predicted molar refractivity (Wildman–Crippen MR) is 85.2 cm³/mol. The lowest BCUT2D eigenvalue weighted by atomic mass is 9.89. The summed E-state index contributed by atoms with van der Waals surface area (Å²) in [6.07, 6.45) is 5.33. The van der Waals surface area contributed by atoms with E-state index < -0.39 is 0 Å². The minimum absolute atomic E-state index is 0.808. The Morgan fingerprint density at radius 2 is 1.40 bits per heavy atom. The van der Waals surface area contributed by atoms with Crippen LogP contribution in [0.5, 0.6) is 0 Å². The molecule has 2 bridgehead atoms. The van der Waals surface area contributed by atoms with Gasteiger partial charge in [0.15, 0.2) is 0 Å². The molecule has 2 aromatic carbocycles. The van der Waals surface area contributed by atoms with E-state index in [4.69, 9.17) is 0 Å². The highest BCUT2D eigenvalue weighted by molar-refractivity contribution is 5.74. The molecule has 1 saturated carbocycles. The Morgan fingerprint density at radius 1 is 0.750 bits per heavy atom. The van der Waals surface area contributed by atoms with Gasteiger partial charge in [-0.15, -0.1) is 0 Å². The molecule has 2 aliphatic carbocycles. The van der Waals surface area contributed by atoms with E-state index in [1.165, 1.54) is 29.5 Å². The second-order valence-corrected chi connectivity index (χ2v) is 6.27. The van der Waals surface area contributed by atoms with Gasteiger partial charge in [0.05, 0.1) is 0 Å². The third-order valence-electron chi connectivity index (χ3n) is 5.24. The molecule has 0 aromatic heterocycles. The lowest BCUT2D eigenvalue weighted by Crippen LogP contribution is -2.03. The summed E-state index contributed by atoms with van der Waals surface area (Å²) >= 11 is 0. The van der Waals surface area contributed by atoms with Crippen LogP contribution in [0.25, 0.3) is 16.7 Å². The van der Waals surface area contributed by atoms with Gasteiger partial charge >= 0.3 is 0 Å². The molecule has 3 unspecified atom stereocenters. The van der Waals surface area contributed by atoms with Gasteiger partial charge in [0.25, 0.3) is 0 Å². The molecule has 0 aliphatic heterocycles. The molecular formula is C20H20. The van der Waals surface area contributed by atoms with E-state index >= 15 is 0 Å². The van der Waals surface area contributed by atoms with Crippen LogP contribution in [0.4, 0.5) is 0 Å². The minimum atomic E-state index is 0.808. The first kappa shape index (κ1) is 12.0. The molecule has 1 fully saturated rings. The highest BCUT2D eigenvalue weighted by atomic mass is 14.4. The van der Waals surface area contributed by atoms with Gasteiger partial charge in [0, 0.05) is 0 Å². The summed E-state index contributed by atoms with van der Waals surface area (Å²) in [7, 11) is 0. The van der Waals surface area contributed by atoms with Gasteiger partial charge < -0.3 is 0 Å². The van der Waals surface area contributed by atoms with Crippen molar-refractivity contribution < 1.29 is 0 Å². The Morgan fingerprint density at radius 3 is 2.00 bits per heavy atom. The van der Waals surface area contributed by atoms with Crippen LogP contribution in [0, 0.1) is 17.8 Å². The third-order valence-corrected chi connectivity index (χ3v) is 5.24. The molecule has 0 nitrogen and oxygen atoms in total. The fourth-order valence-corrected chi connectivity index (χ4v) is 4.02. The van der Waals surface area contributed by atoms with E-state index in [0.717, 1.165) is 17.8 Å². The quantitative estimate of drug-likeness (QED) is 0.677. The molecule has 0 heterocycles. The smallest absolute Gasteiger partial charge is 0.0128 e. The van der Waals surface area contributed by atoms with E-state index in [2.05, 4.69) is 67.6 Å². The van der Waals surface area contributed by atoms with Gasteiger partial charge in [0.1, 0.15) is 0 Å². The summed E-state index contributed by atoms with van der Waals surface area (Å²) in [6.45, 7) is 2.42. The van der Waals surface area contributed by atoms with Crippen molar-refractivity contribution >= 4 is 5.57 Å².